The van der Waals surface area contributed by atoms with Gasteiger partial charge in [0.25, 0.3) is 0 Å². The van der Waals surface area contributed by atoms with Gasteiger partial charge in [0.05, 0.1) is 36.6 Å². The molecule has 13 nitrogen and oxygen atoms in total. The summed E-state index contributed by atoms with van der Waals surface area (Å²) < 4.78 is 3.73. The van der Waals surface area contributed by atoms with Crippen LogP contribution >= 0.6 is 0 Å². The number of nitriles is 1. The molecule has 0 aliphatic carbocycles. The van der Waals surface area contributed by atoms with Crippen molar-refractivity contribution in [3.05, 3.63) is 48.2 Å². The molecule has 2 fully saturated rings. The zero-order valence-electron chi connectivity index (χ0n) is 23.1. The molecule has 3 aliphatic heterocycles. The molecule has 40 heavy (non-hydrogen) atoms. The van der Waals surface area contributed by atoms with Crippen molar-refractivity contribution >= 4 is 23.2 Å². The average molecular weight is 545 g/mol. The van der Waals surface area contributed by atoms with E-state index in [2.05, 4.69) is 56.9 Å². The first kappa shape index (κ1) is 26.1. The summed E-state index contributed by atoms with van der Waals surface area (Å²) in [5.74, 6) is 0.618. The van der Waals surface area contributed by atoms with Crippen molar-refractivity contribution in [3.8, 4) is 6.07 Å². The molecular weight excluding hydrogens is 508 g/mol. The predicted octanol–water partition coefficient (Wildman–Crippen LogP) is 0.855. The zero-order chi connectivity index (χ0) is 27.7. The number of likely N-dealkylation sites (N-methyl/N-ethyl adjacent to an activating group) is 1. The lowest BCUT2D eigenvalue weighted by Gasteiger charge is -2.50. The number of nitrogens with zero attached hydrogens (tertiary/aromatic N) is 10. The third-order valence-corrected chi connectivity index (χ3v) is 8.13. The van der Waals surface area contributed by atoms with Crippen molar-refractivity contribution in [2.75, 3.05) is 69.1 Å². The minimum atomic E-state index is -0.346. The molecule has 0 bridgehead atoms. The number of carbonyl (C=O) groups is 1. The van der Waals surface area contributed by atoms with Gasteiger partial charge >= 0.3 is 0 Å². The first-order valence-corrected chi connectivity index (χ1v) is 14.0. The summed E-state index contributed by atoms with van der Waals surface area (Å²) in [5, 5.41) is 23.9. The van der Waals surface area contributed by atoms with Crippen molar-refractivity contribution < 1.29 is 4.79 Å². The summed E-state index contributed by atoms with van der Waals surface area (Å²) in [7, 11) is 0. The van der Waals surface area contributed by atoms with Gasteiger partial charge < -0.3 is 25.0 Å². The summed E-state index contributed by atoms with van der Waals surface area (Å²) in [6.07, 6.45) is 9.04. The number of rotatable bonds is 9. The minimum absolute atomic E-state index is 0.124. The number of hydrogen-bond donors (Lipinski definition) is 2. The largest absolute Gasteiger partial charge is 0.363 e. The highest BCUT2D eigenvalue weighted by Crippen LogP contribution is 2.37. The molecule has 0 aromatic carbocycles. The Kier molecular flexibility index (Phi) is 7.03. The third-order valence-electron chi connectivity index (χ3n) is 8.13. The SMILES string of the molecule is CCc1cnn(C2(CC#N)CN(c3cccn4nc(NC5=CN(CC(=O)N6CCN(CC)CC6)NC5)nc34)C2)c1. The maximum atomic E-state index is 12.8. The number of fused-ring (bicyclic) bond motifs is 1. The quantitative estimate of drug-likeness (QED) is 0.401. The van der Waals surface area contributed by atoms with E-state index in [-0.39, 0.29) is 18.0 Å². The summed E-state index contributed by atoms with van der Waals surface area (Å²) in [6.45, 7) is 10.9. The van der Waals surface area contributed by atoms with Gasteiger partial charge in [-0.15, -0.1) is 5.10 Å². The Labute approximate surface area is 233 Å². The maximum Gasteiger partial charge on any atom is 0.247 e. The fraction of sp³-hybridized carbons (Fsp3) is 0.519. The summed E-state index contributed by atoms with van der Waals surface area (Å²) in [4.78, 5) is 24.1. The van der Waals surface area contributed by atoms with Gasteiger partial charge in [0, 0.05) is 57.9 Å². The molecule has 2 saturated heterocycles. The van der Waals surface area contributed by atoms with Gasteiger partial charge in [0.15, 0.2) is 5.65 Å². The Morgan fingerprint density at radius 3 is 2.77 bits per heavy atom. The molecule has 0 atom stereocenters. The monoisotopic (exact) mass is 544 g/mol. The van der Waals surface area contributed by atoms with Crippen molar-refractivity contribution in [2.24, 2.45) is 0 Å². The Balaban J connectivity index is 1.11. The molecular formula is C27H36N12O. The van der Waals surface area contributed by atoms with Crippen LogP contribution in [0.5, 0.6) is 0 Å². The molecule has 2 N–H and O–H groups in total. The van der Waals surface area contributed by atoms with Crippen LogP contribution in [0.3, 0.4) is 0 Å². The summed E-state index contributed by atoms with van der Waals surface area (Å²) in [6, 6.07) is 6.35. The zero-order valence-corrected chi connectivity index (χ0v) is 23.1. The van der Waals surface area contributed by atoms with Gasteiger partial charge in [-0.2, -0.15) is 15.3 Å². The van der Waals surface area contributed by atoms with E-state index < -0.39 is 0 Å². The number of hydrazine groups is 1. The molecule has 6 heterocycles. The van der Waals surface area contributed by atoms with Crippen LogP contribution in [0.1, 0.15) is 25.8 Å². The molecule has 3 aliphatic rings. The van der Waals surface area contributed by atoms with E-state index in [1.54, 1.807) is 4.52 Å². The first-order chi connectivity index (χ1) is 19.5. The third kappa shape index (κ3) is 4.96. The van der Waals surface area contributed by atoms with Crippen LogP contribution in [0.4, 0.5) is 11.6 Å². The van der Waals surface area contributed by atoms with Crippen molar-refractivity contribution in [1.29, 1.82) is 5.26 Å². The predicted molar refractivity (Wildman–Crippen MR) is 150 cm³/mol. The highest BCUT2D eigenvalue weighted by molar-refractivity contribution is 5.78. The van der Waals surface area contributed by atoms with Crippen LogP contribution < -0.4 is 15.6 Å². The lowest BCUT2D eigenvalue weighted by atomic mass is 9.86. The topological polar surface area (TPSA) is 126 Å². The van der Waals surface area contributed by atoms with Gasteiger partial charge in [-0.3, -0.25) is 9.48 Å². The van der Waals surface area contributed by atoms with E-state index in [4.69, 9.17) is 4.98 Å². The van der Waals surface area contributed by atoms with Gasteiger partial charge in [-0.1, -0.05) is 13.8 Å². The van der Waals surface area contributed by atoms with Crippen LogP contribution in [-0.4, -0.2) is 104 Å². The van der Waals surface area contributed by atoms with Crippen molar-refractivity contribution in [2.45, 2.75) is 32.2 Å². The molecule has 6 rings (SSSR count). The Hall–Kier alpha value is -4.15. The van der Waals surface area contributed by atoms with E-state index in [9.17, 15) is 10.1 Å². The molecule has 210 valence electrons. The standard InChI is InChI=1S/C27H36N12O/c1-3-21-14-30-39(16-21)27(7-8-28)19-36(20-27)23-6-5-9-38-25(23)32-26(33-38)31-22-15-29-37(17-22)18-24(40)35-12-10-34(4-2)11-13-35/h5-6,9,14,16-17,29H,3-4,7,10-13,15,18-20H2,1-2H3,(H,31,33). The van der Waals surface area contributed by atoms with E-state index in [1.807, 2.05) is 45.3 Å². The number of hydrogen-bond acceptors (Lipinski definition) is 10. The molecule has 0 saturated carbocycles. The second-order valence-corrected chi connectivity index (χ2v) is 10.7. The highest BCUT2D eigenvalue weighted by atomic mass is 16.2. The van der Waals surface area contributed by atoms with Crippen LogP contribution in [0.25, 0.3) is 5.65 Å². The molecule has 1 amide bonds. The molecule has 0 unspecified atom stereocenters. The van der Waals surface area contributed by atoms with Crippen molar-refractivity contribution in [1.82, 2.24) is 44.6 Å². The van der Waals surface area contributed by atoms with E-state index in [1.165, 1.54) is 5.56 Å². The molecule has 0 spiro atoms. The van der Waals surface area contributed by atoms with Crippen LogP contribution in [0.15, 0.2) is 42.6 Å². The average Bonchev–Trinajstić information content (AvgIpc) is 3.70. The number of amides is 1. The number of anilines is 2. The van der Waals surface area contributed by atoms with Gasteiger partial charge in [0.1, 0.15) is 12.1 Å². The normalized spacial score (nSPS) is 19.0. The molecule has 3 aromatic heterocycles. The van der Waals surface area contributed by atoms with E-state index in [0.29, 0.717) is 32.0 Å². The fourth-order valence-corrected chi connectivity index (χ4v) is 5.66. The van der Waals surface area contributed by atoms with E-state index in [0.717, 1.165) is 56.2 Å². The number of aromatic nitrogens is 5. The Morgan fingerprint density at radius 1 is 1.23 bits per heavy atom. The Morgan fingerprint density at radius 2 is 2.05 bits per heavy atom. The molecule has 3 aromatic rings. The summed E-state index contributed by atoms with van der Waals surface area (Å²) >= 11 is 0. The smallest absolute Gasteiger partial charge is 0.247 e. The number of pyridine rings is 1. The van der Waals surface area contributed by atoms with E-state index >= 15 is 0 Å². The first-order valence-electron chi connectivity index (χ1n) is 14.0. The van der Waals surface area contributed by atoms with Crippen molar-refractivity contribution in [3.63, 3.8) is 0 Å². The Bertz CT molecular complexity index is 1440. The fourth-order valence-electron chi connectivity index (χ4n) is 5.66. The van der Waals surface area contributed by atoms with Crippen LogP contribution in [0.2, 0.25) is 0 Å². The molecule has 0 radical (unpaired) electrons. The van der Waals surface area contributed by atoms with Gasteiger partial charge in [0.2, 0.25) is 11.9 Å². The number of piperazine rings is 1. The highest BCUT2D eigenvalue weighted by Gasteiger charge is 2.46. The lowest BCUT2D eigenvalue weighted by molar-refractivity contribution is -0.134. The number of carbonyl (C=O) groups excluding carboxylic acids is 1. The number of nitrogens with one attached hydrogen (secondary N) is 2. The second-order valence-electron chi connectivity index (χ2n) is 10.7. The van der Waals surface area contributed by atoms with Crippen LogP contribution in [-0.2, 0) is 16.8 Å². The van der Waals surface area contributed by atoms with Gasteiger partial charge in [-0.25, -0.2) is 9.94 Å². The van der Waals surface area contributed by atoms with Gasteiger partial charge in [-0.05, 0) is 30.7 Å². The maximum absolute atomic E-state index is 12.8. The second kappa shape index (κ2) is 10.8. The molecule has 13 heteroatoms. The summed E-state index contributed by atoms with van der Waals surface area (Å²) in [5.41, 5.74) is 6.68. The lowest BCUT2D eigenvalue weighted by Crippen LogP contribution is -2.63. The van der Waals surface area contributed by atoms with Crippen LogP contribution in [0, 0.1) is 11.3 Å². The number of aryl methyl sites for hydroxylation is 1. The minimum Gasteiger partial charge on any atom is -0.363 e.